The summed E-state index contributed by atoms with van der Waals surface area (Å²) in [6.07, 6.45) is -0.618. The van der Waals surface area contributed by atoms with Crippen LogP contribution in [-0.4, -0.2) is 33.8 Å². The third kappa shape index (κ3) is 3.74. The van der Waals surface area contributed by atoms with Crippen molar-refractivity contribution in [2.24, 2.45) is 5.10 Å². The first-order valence-electron chi connectivity index (χ1n) is 10.5. The Morgan fingerprint density at radius 3 is 2.67 bits per heavy atom. The normalized spacial score (nSPS) is 15.8. The van der Waals surface area contributed by atoms with E-state index >= 15 is 0 Å². The minimum atomic E-state index is -0.618. The van der Waals surface area contributed by atoms with Gasteiger partial charge in [0.15, 0.2) is 6.17 Å². The van der Waals surface area contributed by atoms with Crippen LogP contribution in [0.2, 0.25) is 0 Å². The molecule has 1 amide bonds. The summed E-state index contributed by atoms with van der Waals surface area (Å²) in [4.78, 5) is 18.3. The maximum Gasteiger partial charge on any atom is 0.278 e. The number of pyridine rings is 1. The lowest BCUT2D eigenvalue weighted by molar-refractivity contribution is 0.0686. The number of nitrogens with zero attached hydrogens (tertiary/aromatic N) is 3. The number of hydrogen-bond donors (Lipinski definition) is 2. The quantitative estimate of drug-likeness (QED) is 0.441. The Hall–Kier alpha value is -4.39. The second kappa shape index (κ2) is 8.27. The van der Waals surface area contributed by atoms with E-state index < -0.39 is 6.17 Å². The van der Waals surface area contributed by atoms with E-state index in [4.69, 9.17) is 9.72 Å². The fourth-order valence-electron chi connectivity index (χ4n) is 3.94. The number of para-hydroxylation sites is 2. The van der Waals surface area contributed by atoms with Crippen LogP contribution in [0.15, 0.2) is 84.0 Å². The summed E-state index contributed by atoms with van der Waals surface area (Å²) in [6, 6.07) is 24.0. The Kier molecular flexibility index (Phi) is 5.14. The number of methoxy groups -OCH3 is 1. The molecule has 0 aliphatic carbocycles. The number of phenolic OH excluding ortho intramolecular Hbond substituents is 1. The van der Waals surface area contributed by atoms with Crippen molar-refractivity contribution >= 4 is 28.2 Å². The number of aromatic hydroxyl groups is 1. The SMILES string of the molecule is COc1ccc(/C(C)=N/N2C(=O)c3ccccc3N[C@H]2c2ccc3ccccc3n2)c(O)c1. The lowest BCUT2D eigenvalue weighted by Gasteiger charge is -2.34. The number of nitrogens with one attached hydrogen (secondary N) is 1. The topological polar surface area (TPSA) is 87.0 Å². The van der Waals surface area contributed by atoms with Crippen LogP contribution in [0, 0.1) is 0 Å². The number of phenols is 1. The van der Waals surface area contributed by atoms with Gasteiger partial charge in [0.25, 0.3) is 5.91 Å². The molecule has 7 nitrogen and oxygen atoms in total. The zero-order valence-corrected chi connectivity index (χ0v) is 18.2. The number of ether oxygens (including phenoxy) is 1. The molecular weight excluding hydrogens is 416 g/mol. The zero-order chi connectivity index (χ0) is 22.9. The van der Waals surface area contributed by atoms with Gasteiger partial charge < -0.3 is 15.2 Å². The van der Waals surface area contributed by atoms with E-state index in [9.17, 15) is 9.90 Å². The molecule has 0 unspecified atom stereocenters. The van der Waals surface area contributed by atoms with Crippen molar-refractivity contribution in [1.29, 1.82) is 0 Å². The molecule has 1 aliphatic heterocycles. The molecule has 2 heterocycles. The molecule has 7 heteroatoms. The van der Waals surface area contributed by atoms with Gasteiger partial charge in [0, 0.05) is 22.7 Å². The molecule has 4 aromatic rings. The van der Waals surface area contributed by atoms with Gasteiger partial charge in [0.1, 0.15) is 11.5 Å². The average Bonchev–Trinajstić information content (AvgIpc) is 2.85. The van der Waals surface area contributed by atoms with Crippen molar-refractivity contribution in [1.82, 2.24) is 9.99 Å². The number of fused-ring (bicyclic) bond motifs is 2. The monoisotopic (exact) mass is 438 g/mol. The molecular formula is C26H22N4O3. The van der Waals surface area contributed by atoms with Crippen LogP contribution in [0.5, 0.6) is 11.5 Å². The van der Waals surface area contributed by atoms with Crippen LogP contribution >= 0.6 is 0 Å². The minimum Gasteiger partial charge on any atom is -0.507 e. The Morgan fingerprint density at radius 2 is 1.85 bits per heavy atom. The van der Waals surface area contributed by atoms with E-state index in [-0.39, 0.29) is 11.7 Å². The Morgan fingerprint density at radius 1 is 1.06 bits per heavy atom. The van der Waals surface area contributed by atoms with Crippen molar-refractivity contribution in [3.05, 3.63) is 95.7 Å². The maximum atomic E-state index is 13.5. The van der Waals surface area contributed by atoms with Gasteiger partial charge in [-0.2, -0.15) is 10.1 Å². The lowest BCUT2D eigenvalue weighted by atomic mass is 10.1. The molecule has 1 aromatic heterocycles. The van der Waals surface area contributed by atoms with E-state index in [1.54, 1.807) is 25.1 Å². The molecule has 0 spiro atoms. The molecule has 0 radical (unpaired) electrons. The highest BCUT2D eigenvalue weighted by molar-refractivity contribution is 6.05. The Labute approximate surface area is 191 Å². The fourth-order valence-corrected chi connectivity index (χ4v) is 3.94. The molecule has 1 atom stereocenters. The smallest absolute Gasteiger partial charge is 0.278 e. The first-order chi connectivity index (χ1) is 16.0. The van der Waals surface area contributed by atoms with E-state index in [0.29, 0.717) is 28.3 Å². The van der Waals surface area contributed by atoms with Crippen LogP contribution in [0.1, 0.15) is 34.7 Å². The Balaban J connectivity index is 1.61. The number of carbonyl (C=O) groups excluding carboxylic acids is 1. The standard InChI is InChI=1S/C26H22N4O3/c1-16(19-13-12-18(33-2)15-24(19)31)29-30-25(28-22-10-6-4-8-20(22)26(30)32)23-14-11-17-7-3-5-9-21(17)27-23/h3-15,25,28,31H,1-2H3/b29-16+/t25-/m1/s1. The van der Waals surface area contributed by atoms with E-state index in [1.165, 1.54) is 18.2 Å². The molecule has 3 aromatic carbocycles. The van der Waals surface area contributed by atoms with E-state index in [2.05, 4.69) is 10.4 Å². The summed E-state index contributed by atoms with van der Waals surface area (Å²) in [6.45, 7) is 1.75. The van der Waals surface area contributed by atoms with Crippen molar-refractivity contribution < 1.29 is 14.6 Å². The first kappa shape index (κ1) is 20.5. The minimum absolute atomic E-state index is 0.0220. The summed E-state index contributed by atoms with van der Waals surface area (Å²) in [7, 11) is 1.53. The van der Waals surface area contributed by atoms with Crippen molar-refractivity contribution in [3.8, 4) is 11.5 Å². The van der Waals surface area contributed by atoms with Gasteiger partial charge in [0.2, 0.25) is 0 Å². The van der Waals surface area contributed by atoms with Gasteiger partial charge in [-0.05, 0) is 43.3 Å². The second-order valence-corrected chi connectivity index (χ2v) is 7.74. The number of anilines is 1. The van der Waals surface area contributed by atoms with Crippen molar-refractivity contribution in [2.45, 2.75) is 13.1 Å². The predicted octanol–water partition coefficient (Wildman–Crippen LogP) is 4.94. The molecule has 0 bridgehead atoms. The van der Waals surface area contributed by atoms with Gasteiger partial charge in [-0.15, -0.1) is 0 Å². The highest BCUT2D eigenvalue weighted by atomic mass is 16.5. The van der Waals surface area contributed by atoms with Crippen molar-refractivity contribution in [2.75, 3.05) is 12.4 Å². The molecule has 0 saturated carbocycles. The predicted molar refractivity (Wildman–Crippen MR) is 128 cm³/mol. The van der Waals surface area contributed by atoms with Gasteiger partial charge in [0.05, 0.1) is 29.6 Å². The lowest BCUT2D eigenvalue weighted by Crippen LogP contribution is -2.40. The van der Waals surface area contributed by atoms with E-state index in [0.717, 1.165) is 16.6 Å². The summed E-state index contributed by atoms with van der Waals surface area (Å²) in [5.41, 5.74) is 3.72. The van der Waals surface area contributed by atoms with Crippen molar-refractivity contribution in [3.63, 3.8) is 0 Å². The summed E-state index contributed by atoms with van der Waals surface area (Å²) >= 11 is 0. The van der Waals surface area contributed by atoms with Gasteiger partial charge >= 0.3 is 0 Å². The number of hydrazone groups is 1. The molecule has 164 valence electrons. The van der Waals surface area contributed by atoms with Gasteiger partial charge in [-0.1, -0.05) is 36.4 Å². The van der Waals surface area contributed by atoms with Crippen LogP contribution in [0.3, 0.4) is 0 Å². The van der Waals surface area contributed by atoms with E-state index in [1.807, 2.05) is 54.6 Å². The van der Waals surface area contributed by atoms with Crippen LogP contribution in [-0.2, 0) is 0 Å². The first-order valence-corrected chi connectivity index (χ1v) is 10.5. The third-order valence-electron chi connectivity index (χ3n) is 5.65. The number of benzene rings is 3. The zero-order valence-electron chi connectivity index (χ0n) is 18.2. The summed E-state index contributed by atoms with van der Waals surface area (Å²) in [5, 5.41) is 20.9. The van der Waals surface area contributed by atoms with Crippen LogP contribution in [0.25, 0.3) is 10.9 Å². The molecule has 0 fully saturated rings. The third-order valence-corrected chi connectivity index (χ3v) is 5.65. The largest absolute Gasteiger partial charge is 0.507 e. The van der Waals surface area contributed by atoms with Crippen LogP contribution < -0.4 is 10.1 Å². The van der Waals surface area contributed by atoms with Gasteiger partial charge in [-0.25, -0.2) is 4.98 Å². The summed E-state index contributed by atoms with van der Waals surface area (Å²) in [5.74, 6) is 0.303. The summed E-state index contributed by atoms with van der Waals surface area (Å²) < 4.78 is 5.16. The molecule has 5 rings (SSSR count). The highest BCUT2D eigenvalue weighted by Crippen LogP contribution is 2.34. The van der Waals surface area contributed by atoms with Crippen LogP contribution in [0.4, 0.5) is 5.69 Å². The molecule has 1 aliphatic rings. The average molecular weight is 438 g/mol. The fraction of sp³-hybridized carbons (Fsp3) is 0.115. The number of rotatable bonds is 4. The highest BCUT2D eigenvalue weighted by Gasteiger charge is 2.34. The number of hydrogen-bond acceptors (Lipinski definition) is 6. The second-order valence-electron chi connectivity index (χ2n) is 7.74. The number of amides is 1. The molecule has 33 heavy (non-hydrogen) atoms. The number of carbonyl (C=O) groups is 1. The van der Waals surface area contributed by atoms with Gasteiger partial charge in [-0.3, -0.25) is 4.79 Å². The Bertz CT molecular complexity index is 1400. The maximum absolute atomic E-state index is 13.5. The number of aromatic nitrogens is 1. The molecule has 2 N–H and O–H groups in total. The molecule has 0 saturated heterocycles.